The third kappa shape index (κ3) is 4.36. The first-order chi connectivity index (χ1) is 8.34. The van der Waals surface area contributed by atoms with Crippen LogP contribution in [0.4, 0.5) is 0 Å². The molecule has 0 saturated heterocycles. The van der Waals surface area contributed by atoms with Crippen LogP contribution in [0, 0.1) is 6.92 Å². The second kappa shape index (κ2) is 6.61. The number of aryl methyl sites for hydroxylation is 1. The normalized spacial score (nSPS) is 10.4. The third-order valence-electron chi connectivity index (χ3n) is 2.03. The number of hydrogen-bond donors (Lipinski definition) is 0. The standard InChI is InChI=1S/C12H14N2OS2/c1-10-13-14-12(17-10)16-9-5-8-15-11-6-3-2-4-7-11/h2-4,6-7H,5,8-9H2,1H3. The number of rotatable bonds is 6. The van der Waals surface area contributed by atoms with E-state index >= 15 is 0 Å². The largest absolute Gasteiger partial charge is 0.494 e. The lowest BCUT2D eigenvalue weighted by atomic mass is 10.3. The Balaban J connectivity index is 1.61. The van der Waals surface area contributed by atoms with Gasteiger partial charge in [0.2, 0.25) is 0 Å². The number of para-hydroxylation sites is 1. The summed E-state index contributed by atoms with van der Waals surface area (Å²) in [7, 11) is 0. The van der Waals surface area contributed by atoms with Crippen molar-refractivity contribution >= 4 is 23.1 Å². The third-order valence-corrected chi connectivity index (χ3v) is 4.09. The summed E-state index contributed by atoms with van der Waals surface area (Å²) in [6.07, 6.45) is 1.01. The summed E-state index contributed by atoms with van der Waals surface area (Å²) in [6.45, 7) is 2.72. The van der Waals surface area contributed by atoms with E-state index in [9.17, 15) is 0 Å². The molecule has 0 aliphatic rings. The van der Waals surface area contributed by atoms with E-state index in [1.165, 1.54) is 0 Å². The second-order valence-electron chi connectivity index (χ2n) is 3.45. The topological polar surface area (TPSA) is 35.0 Å². The average molecular weight is 266 g/mol. The molecule has 0 bridgehead atoms. The zero-order valence-electron chi connectivity index (χ0n) is 9.63. The average Bonchev–Trinajstić information content (AvgIpc) is 2.76. The first kappa shape index (κ1) is 12.4. The first-order valence-electron chi connectivity index (χ1n) is 5.45. The van der Waals surface area contributed by atoms with Crippen LogP contribution in [0.3, 0.4) is 0 Å². The fourth-order valence-electron chi connectivity index (χ4n) is 1.26. The molecular weight excluding hydrogens is 252 g/mol. The van der Waals surface area contributed by atoms with Crippen LogP contribution in [0.15, 0.2) is 34.7 Å². The van der Waals surface area contributed by atoms with Gasteiger partial charge in [-0.15, -0.1) is 10.2 Å². The maximum Gasteiger partial charge on any atom is 0.174 e. The van der Waals surface area contributed by atoms with Gasteiger partial charge in [0.25, 0.3) is 0 Å². The number of hydrogen-bond acceptors (Lipinski definition) is 5. The van der Waals surface area contributed by atoms with Crippen molar-refractivity contribution in [2.45, 2.75) is 17.7 Å². The van der Waals surface area contributed by atoms with Crippen molar-refractivity contribution in [1.29, 1.82) is 0 Å². The lowest BCUT2D eigenvalue weighted by molar-refractivity contribution is 0.318. The van der Waals surface area contributed by atoms with Gasteiger partial charge < -0.3 is 4.74 Å². The molecule has 0 aliphatic carbocycles. The highest BCUT2D eigenvalue weighted by molar-refractivity contribution is 8.01. The molecule has 1 heterocycles. The summed E-state index contributed by atoms with van der Waals surface area (Å²) in [5.41, 5.74) is 0. The maximum absolute atomic E-state index is 5.60. The molecule has 0 spiro atoms. The Morgan fingerprint density at radius 1 is 1.24 bits per heavy atom. The van der Waals surface area contributed by atoms with Crippen LogP contribution < -0.4 is 4.74 Å². The van der Waals surface area contributed by atoms with E-state index in [0.29, 0.717) is 0 Å². The molecule has 1 aromatic heterocycles. The van der Waals surface area contributed by atoms with Crippen LogP contribution in [0.2, 0.25) is 0 Å². The molecule has 0 fully saturated rings. The Kier molecular flexibility index (Phi) is 4.82. The minimum Gasteiger partial charge on any atom is -0.494 e. The fraction of sp³-hybridized carbons (Fsp3) is 0.333. The van der Waals surface area contributed by atoms with Gasteiger partial charge >= 0.3 is 0 Å². The zero-order valence-corrected chi connectivity index (χ0v) is 11.3. The first-order valence-corrected chi connectivity index (χ1v) is 7.25. The molecule has 17 heavy (non-hydrogen) atoms. The zero-order chi connectivity index (χ0) is 11.9. The molecule has 0 amide bonds. The molecular formula is C12H14N2OS2. The summed E-state index contributed by atoms with van der Waals surface area (Å²) in [4.78, 5) is 0. The number of aromatic nitrogens is 2. The maximum atomic E-state index is 5.60. The lowest BCUT2D eigenvalue weighted by Gasteiger charge is -2.04. The number of benzene rings is 1. The van der Waals surface area contributed by atoms with E-state index in [1.807, 2.05) is 37.3 Å². The Bertz CT molecular complexity index is 445. The Hall–Kier alpha value is -1.07. The van der Waals surface area contributed by atoms with Gasteiger partial charge in [-0.3, -0.25) is 0 Å². The fourth-order valence-corrected chi connectivity index (χ4v) is 3.06. The highest BCUT2D eigenvalue weighted by Crippen LogP contribution is 2.22. The van der Waals surface area contributed by atoms with Crippen molar-refractivity contribution in [2.24, 2.45) is 0 Å². The highest BCUT2D eigenvalue weighted by Gasteiger charge is 2.00. The SMILES string of the molecule is Cc1nnc(SCCCOc2ccccc2)s1. The van der Waals surface area contributed by atoms with E-state index in [1.54, 1.807) is 23.1 Å². The minimum atomic E-state index is 0.745. The van der Waals surface area contributed by atoms with Gasteiger partial charge in [-0.1, -0.05) is 41.3 Å². The number of ether oxygens (including phenoxy) is 1. The van der Waals surface area contributed by atoms with E-state index in [2.05, 4.69) is 10.2 Å². The quantitative estimate of drug-likeness (QED) is 0.593. The van der Waals surface area contributed by atoms with Gasteiger partial charge in [0, 0.05) is 5.75 Å². The predicted molar refractivity (Wildman–Crippen MR) is 71.9 cm³/mol. The minimum absolute atomic E-state index is 0.745. The number of nitrogens with zero attached hydrogens (tertiary/aromatic N) is 2. The Morgan fingerprint density at radius 3 is 2.76 bits per heavy atom. The van der Waals surface area contributed by atoms with Gasteiger partial charge in [-0.25, -0.2) is 0 Å². The molecule has 0 radical (unpaired) electrons. The molecule has 90 valence electrons. The smallest absolute Gasteiger partial charge is 0.174 e. The van der Waals surface area contributed by atoms with E-state index < -0.39 is 0 Å². The summed E-state index contributed by atoms with van der Waals surface area (Å²) in [5, 5.41) is 9.06. The second-order valence-corrected chi connectivity index (χ2v) is 5.97. The Labute approximate surface area is 109 Å². The van der Waals surface area contributed by atoms with Crippen molar-refractivity contribution < 1.29 is 4.74 Å². The van der Waals surface area contributed by atoms with Crippen LogP contribution >= 0.6 is 23.1 Å². The highest BCUT2D eigenvalue weighted by atomic mass is 32.2. The molecule has 0 saturated carbocycles. The molecule has 0 unspecified atom stereocenters. The van der Waals surface area contributed by atoms with Crippen LogP contribution in [0.25, 0.3) is 0 Å². The summed E-state index contributed by atoms with van der Waals surface area (Å²) < 4.78 is 6.65. The van der Waals surface area contributed by atoms with Crippen molar-refractivity contribution in [3.05, 3.63) is 35.3 Å². The molecule has 2 aromatic rings. The van der Waals surface area contributed by atoms with Gasteiger partial charge in [0.15, 0.2) is 4.34 Å². The molecule has 5 heteroatoms. The van der Waals surface area contributed by atoms with E-state index in [0.717, 1.165) is 33.9 Å². The van der Waals surface area contributed by atoms with Gasteiger partial charge in [-0.05, 0) is 25.5 Å². The predicted octanol–water partition coefficient (Wildman–Crippen LogP) is 3.41. The van der Waals surface area contributed by atoms with Crippen LogP contribution in [-0.2, 0) is 0 Å². The molecule has 0 aliphatic heterocycles. The molecule has 1 aromatic carbocycles. The summed E-state index contributed by atoms with van der Waals surface area (Å²) in [5.74, 6) is 1.95. The van der Waals surface area contributed by atoms with Crippen molar-refractivity contribution in [3.63, 3.8) is 0 Å². The molecule has 2 rings (SSSR count). The van der Waals surface area contributed by atoms with Crippen molar-refractivity contribution in [3.8, 4) is 5.75 Å². The molecule has 3 nitrogen and oxygen atoms in total. The van der Waals surface area contributed by atoms with Gasteiger partial charge in [-0.2, -0.15) is 0 Å². The van der Waals surface area contributed by atoms with Crippen molar-refractivity contribution in [2.75, 3.05) is 12.4 Å². The van der Waals surface area contributed by atoms with Gasteiger partial charge in [0.1, 0.15) is 10.8 Å². The van der Waals surface area contributed by atoms with Gasteiger partial charge in [0.05, 0.1) is 6.61 Å². The summed E-state index contributed by atoms with van der Waals surface area (Å²) in [6, 6.07) is 9.89. The lowest BCUT2D eigenvalue weighted by Crippen LogP contribution is -1.98. The molecule has 0 N–H and O–H groups in total. The van der Waals surface area contributed by atoms with Crippen LogP contribution in [0.5, 0.6) is 5.75 Å². The number of thioether (sulfide) groups is 1. The summed E-state index contributed by atoms with van der Waals surface area (Å²) >= 11 is 3.38. The van der Waals surface area contributed by atoms with E-state index in [-0.39, 0.29) is 0 Å². The van der Waals surface area contributed by atoms with Crippen LogP contribution in [0.1, 0.15) is 11.4 Å². The monoisotopic (exact) mass is 266 g/mol. The van der Waals surface area contributed by atoms with Crippen LogP contribution in [-0.4, -0.2) is 22.6 Å². The Morgan fingerprint density at radius 2 is 2.06 bits per heavy atom. The van der Waals surface area contributed by atoms with Crippen molar-refractivity contribution in [1.82, 2.24) is 10.2 Å². The van der Waals surface area contributed by atoms with E-state index in [4.69, 9.17) is 4.74 Å². The molecule has 0 atom stereocenters.